The Hall–Kier alpha value is -1.15. The lowest BCUT2D eigenvalue weighted by atomic mass is 9.86. The molecule has 1 rings (SSSR count). The van der Waals surface area contributed by atoms with Gasteiger partial charge in [0.15, 0.2) is 5.78 Å². The molecule has 0 heterocycles. The van der Waals surface area contributed by atoms with Gasteiger partial charge in [-0.3, -0.25) is 4.79 Å². The van der Waals surface area contributed by atoms with Crippen LogP contribution in [-0.4, -0.2) is 18.0 Å². The van der Waals surface area contributed by atoms with Crippen molar-refractivity contribution in [2.75, 3.05) is 6.61 Å². The molecule has 1 aromatic rings. The van der Waals surface area contributed by atoms with E-state index >= 15 is 0 Å². The van der Waals surface area contributed by atoms with E-state index in [1.54, 1.807) is 0 Å². The molecule has 19 heavy (non-hydrogen) atoms. The summed E-state index contributed by atoms with van der Waals surface area (Å²) in [6.07, 6.45) is 0.445. The van der Waals surface area contributed by atoms with E-state index in [0.29, 0.717) is 6.42 Å². The molecule has 0 aliphatic carbocycles. The Kier molecular flexibility index (Phi) is 4.92. The van der Waals surface area contributed by atoms with E-state index in [1.165, 1.54) is 5.56 Å². The van der Waals surface area contributed by atoms with E-state index in [9.17, 15) is 4.79 Å². The van der Waals surface area contributed by atoms with Crippen LogP contribution < -0.4 is 0 Å². The largest absolute Gasteiger partial charge is 0.368 e. The lowest BCUT2D eigenvalue weighted by Gasteiger charge is -2.20. The van der Waals surface area contributed by atoms with Crippen molar-refractivity contribution in [2.45, 2.75) is 59.0 Å². The summed E-state index contributed by atoms with van der Waals surface area (Å²) in [5.74, 6) is 0.124. The van der Waals surface area contributed by atoms with E-state index in [-0.39, 0.29) is 23.4 Å². The Morgan fingerprint density at radius 3 is 1.95 bits per heavy atom. The number of hydrogen-bond acceptors (Lipinski definition) is 2. The molecule has 1 aromatic carbocycles. The van der Waals surface area contributed by atoms with Gasteiger partial charge in [-0.05, 0) is 37.3 Å². The number of carbonyl (C=O) groups is 1. The lowest BCUT2D eigenvalue weighted by Crippen LogP contribution is -2.24. The fourth-order valence-corrected chi connectivity index (χ4v) is 1.70. The monoisotopic (exact) mass is 262 g/mol. The van der Waals surface area contributed by atoms with Gasteiger partial charge < -0.3 is 4.74 Å². The summed E-state index contributed by atoms with van der Waals surface area (Å²) in [6, 6.07) is 8.28. The van der Waals surface area contributed by atoms with Crippen molar-refractivity contribution in [2.24, 2.45) is 0 Å². The highest BCUT2D eigenvalue weighted by Crippen LogP contribution is 2.22. The topological polar surface area (TPSA) is 26.3 Å². The summed E-state index contributed by atoms with van der Waals surface area (Å²) >= 11 is 0. The second-order valence-corrected chi connectivity index (χ2v) is 7.06. The molecule has 106 valence electrons. The molecule has 0 bridgehead atoms. The number of hydrogen-bond donors (Lipinski definition) is 0. The SMILES string of the molecule is CC(C)(C)OCC(=O)Cc1ccc(C(C)(C)C)cc1. The van der Waals surface area contributed by atoms with Gasteiger partial charge in [0, 0.05) is 6.42 Å². The van der Waals surface area contributed by atoms with Gasteiger partial charge in [-0.2, -0.15) is 0 Å². The smallest absolute Gasteiger partial charge is 0.162 e. The number of benzene rings is 1. The summed E-state index contributed by atoms with van der Waals surface area (Å²) in [5.41, 5.74) is 2.23. The Bertz CT molecular complexity index is 416. The second-order valence-electron chi connectivity index (χ2n) is 7.06. The van der Waals surface area contributed by atoms with Crippen LogP contribution in [-0.2, 0) is 21.4 Å². The minimum absolute atomic E-state index is 0.124. The zero-order valence-corrected chi connectivity index (χ0v) is 13.0. The van der Waals surface area contributed by atoms with Crippen LogP contribution in [0.3, 0.4) is 0 Å². The molecule has 0 saturated carbocycles. The number of rotatable bonds is 4. The van der Waals surface area contributed by atoms with Crippen LogP contribution in [0, 0.1) is 0 Å². The molecule has 0 unspecified atom stereocenters. The van der Waals surface area contributed by atoms with Crippen molar-refractivity contribution in [1.29, 1.82) is 0 Å². The highest BCUT2D eigenvalue weighted by atomic mass is 16.5. The highest BCUT2D eigenvalue weighted by molar-refractivity contribution is 5.82. The van der Waals surface area contributed by atoms with Crippen LogP contribution in [0.5, 0.6) is 0 Å². The van der Waals surface area contributed by atoms with E-state index in [1.807, 2.05) is 32.9 Å². The van der Waals surface area contributed by atoms with Crippen LogP contribution in [0.25, 0.3) is 0 Å². The minimum Gasteiger partial charge on any atom is -0.368 e. The van der Waals surface area contributed by atoms with Crippen molar-refractivity contribution in [3.05, 3.63) is 35.4 Å². The van der Waals surface area contributed by atoms with Crippen molar-refractivity contribution < 1.29 is 9.53 Å². The molecule has 2 nitrogen and oxygen atoms in total. The van der Waals surface area contributed by atoms with Crippen LogP contribution in [0.4, 0.5) is 0 Å². The first-order valence-electron chi connectivity index (χ1n) is 6.83. The fraction of sp³-hybridized carbons (Fsp3) is 0.588. The molecule has 2 heteroatoms. The van der Waals surface area contributed by atoms with Gasteiger partial charge in [0.05, 0.1) is 5.60 Å². The van der Waals surface area contributed by atoms with Gasteiger partial charge in [-0.25, -0.2) is 0 Å². The third kappa shape index (κ3) is 6.02. The van der Waals surface area contributed by atoms with Gasteiger partial charge in [0.1, 0.15) is 6.61 Å². The quantitative estimate of drug-likeness (QED) is 0.822. The van der Waals surface area contributed by atoms with Crippen LogP contribution >= 0.6 is 0 Å². The van der Waals surface area contributed by atoms with Crippen molar-refractivity contribution in [3.63, 3.8) is 0 Å². The van der Waals surface area contributed by atoms with E-state index in [2.05, 4.69) is 32.9 Å². The summed E-state index contributed by atoms with van der Waals surface area (Å²) in [4.78, 5) is 11.8. The molecule has 0 aliphatic rings. The van der Waals surface area contributed by atoms with E-state index in [4.69, 9.17) is 4.74 Å². The zero-order chi connectivity index (χ0) is 14.7. The maximum atomic E-state index is 11.8. The molecular formula is C17H26O2. The second kappa shape index (κ2) is 5.87. The summed E-state index contributed by atoms with van der Waals surface area (Å²) < 4.78 is 5.49. The molecule has 0 aromatic heterocycles. The summed E-state index contributed by atoms with van der Waals surface area (Å²) in [5, 5.41) is 0. The van der Waals surface area contributed by atoms with E-state index in [0.717, 1.165) is 5.56 Å². The molecule has 0 aliphatic heterocycles. The molecule has 0 fully saturated rings. The predicted octanol–water partition coefficient (Wildman–Crippen LogP) is 3.91. The first-order chi connectivity index (χ1) is 8.58. The van der Waals surface area contributed by atoms with Crippen molar-refractivity contribution in [1.82, 2.24) is 0 Å². The average molecular weight is 262 g/mol. The number of ether oxygens (including phenoxy) is 1. The zero-order valence-electron chi connectivity index (χ0n) is 13.0. The number of ketones is 1. The molecule has 0 spiro atoms. The summed E-state index contributed by atoms with van der Waals surface area (Å²) in [6.45, 7) is 12.6. The molecule has 0 saturated heterocycles. The Morgan fingerprint density at radius 1 is 1.00 bits per heavy atom. The van der Waals surface area contributed by atoms with E-state index < -0.39 is 0 Å². The van der Waals surface area contributed by atoms with Gasteiger partial charge in [0.25, 0.3) is 0 Å². The van der Waals surface area contributed by atoms with Crippen molar-refractivity contribution >= 4 is 5.78 Å². The number of Topliss-reactive ketones (excluding diaryl/α,β-unsaturated/α-hetero) is 1. The number of carbonyl (C=O) groups excluding carboxylic acids is 1. The summed E-state index contributed by atoms with van der Waals surface area (Å²) in [7, 11) is 0. The third-order valence-corrected chi connectivity index (χ3v) is 2.89. The maximum Gasteiger partial charge on any atom is 0.162 e. The van der Waals surface area contributed by atoms with Crippen molar-refractivity contribution in [3.8, 4) is 0 Å². The Labute approximate surface area is 117 Å². The molecule has 0 amide bonds. The first-order valence-corrected chi connectivity index (χ1v) is 6.83. The minimum atomic E-state index is -0.258. The fourth-order valence-electron chi connectivity index (χ4n) is 1.70. The molecule has 0 N–H and O–H groups in total. The van der Waals surface area contributed by atoms with Crippen LogP contribution in [0.15, 0.2) is 24.3 Å². The van der Waals surface area contributed by atoms with Gasteiger partial charge in [-0.1, -0.05) is 45.0 Å². The normalized spacial score (nSPS) is 12.5. The van der Waals surface area contributed by atoms with Crippen LogP contribution in [0.2, 0.25) is 0 Å². The van der Waals surface area contributed by atoms with Gasteiger partial charge in [0.2, 0.25) is 0 Å². The molecular weight excluding hydrogens is 236 g/mol. The van der Waals surface area contributed by atoms with Crippen LogP contribution in [0.1, 0.15) is 52.7 Å². The first kappa shape index (κ1) is 15.9. The molecule has 0 radical (unpaired) electrons. The Balaban J connectivity index is 2.56. The Morgan fingerprint density at radius 2 is 1.53 bits per heavy atom. The molecule has 0 atom stereocenters. The highest BCUT2D eigenvalue weighted by Gasteiger charge is 2.15. The predicted molar refractivity (Wildman–Crippen MR) is 79.6 cm³/mol. The lowest BCUT2D eigenvalue weighted by molar-refractivity contribution is -0.127. The maximum absolute atomic E-state index is 11.8. The van der Waals surface area contributed by atoms with Gasteiger partial charge >= 0.3 is 0 Å². The average Bonchev–Trinajstić information content (AvgIpc) is 2.25. The third-order valence-electron chi connectivity index (χ3n) is 2.89. The standard InChI is InChI=1S/C17H26O2/c1-16(2,3)14-9-7-13(8-10-14)11-15(18)12-19-17(4,5)6/h7-10H,11-12H2,1-6H3. The van der Waals surface area contributed by atoms with Gasteiger partial charge in [-0.15, -0.1) is 0 Å².